The van der Waals surface area contributed by atoms with Gasteiger partial charge in [0.15, 0.2) is 4.80 Å². The highest BCUT2D eigenvalue weighted by atomic mass is 32.2. The van der Waals surface area contributed by atoms with Crippen LogP contribution in [-0.4, -0.2) is 58.5 Å². The van der Waals surface area contributed by atoms with Gasteiger partial charge in [-0.05, 0) is 44.2 Å². The van der Waals surface area contributed by atoms with E-state index in [9.17, 15) is 29.3 Å². The number of non-ortho nitro benzene ring substituents is 1. The third-order valence-corrected chi connectivity index (χ3v) is 9.14. The SMILES string of the molecule is CCOC(=O)c1c(NC(=O)CSCC(=O)N=c2sc3cc([N+](=O)[O-])ccc3n2CC(=O)OC)sc2c1CCCC2. The van der Waals surface area contributed by atoms with Gasteiger partial charge in [-0.2, -0.15) is 4.99 Å². The number of fused-ring (bicyclic) bond motifs is 2. The molecule has 1 aliphatic rings. The number of carbonyl (C=O) groups excluding carboxylic acids is 4. The van der Waals surface area contributed by atoms with Crippen LogP contribution in [0.2, 0.25) is 0 Å². The molecule has 0 saturated heterocycles. The van der Waals surface area contributed by atoms with E-state index in [0.717, 1.165) is 59.2 Å². The van der Waals surface area contributed by atoms with Crippen LogP contribution < -0.4 is 10.1 Å². The summed E-state index contributed by atoms with van der Waals surface area (Å²) in [6.07, 6.45) is 3.62. The van der Waals surface area contributed by atoms with E-state index in [4.69, 9.17) is 9.47 Å². The van der Waals surface area contributed by atoms with Crippen LogP contribution in [0, 0.1) is 10.1 Å². The van der Waals surface area contributed by atoms with Crippen molar-refractivity contribution in [2.24, 2.45) is 4.99 Å². The van der Waals surface area contributed by atoms with E-state index in [-0.39, 0.29) is 41.1 Å². The summed E-state index contributed by atoms with van der Waals surface area (Å²) in [7, 11) is 1.23. The van der Waals surface area contributed by atoms with Crippen molar-refractivity contribution in [1.82, 2.24) is 4.57 Å². The van der Waals surface area contributed by atoms with E-state index >= 15 is 0 Å². The number of nitro benzene ring substituents is 1. The highest BCUT2D eigenvalue weighted by Gasteiger charge is 2.27. The third kappa shape index (κ3) is 6.77. The average Bonchev–Trinajstić information content (AvgIpc) is 3.45. The van der Waals surface area contributed by atoms with Crippen molar-refractivity contribution in [1.29, 1.82) is 0 Å². The largest absolute Gasteiger partial charge is 0.468 e. The minimum atomic E-state index is -0.574. The molecule has 3 aromatic rings. The van der Waals surface area contributed by atoms with Crippen LogP contribution in [0.5, 0.6) is 0 Å². The lowest BCUT2D eigenvalue weighted by molar-refractivity contribution is -0.384. The maximum atomic E-state index is 12.7. The second kappa shape index (κ2) is 13.2. The van der Waals surface area contributed by atoms with Gasteiger partial charge in [-0.3, -0.25) is 24.5 Å². The molecule has 40 heavy (non-hydrogen) atoms. The quantitative estimate of drug-likeness (QED) is 0.206. The lowest BCUT2D eigenvalue weighted by Crippen LogP contribution is -2.23. The summed E-state index contributed by atoms with van der Waals surface area (Å²) in [6, 6.07) is 4.14. The van der Waals surface area contributed by atoms with Crippen LogP contribution in [0.4, 0.5) is 10.7 Å². The Balaban J connectivity index is 1.45. The predicted octanol–water partition coefficient (Wildman–Crippen LogP) is 3.70. The maximum absolute atomic E-state index is 12.7. The van der Waals surface area contributed by atoms with Crippen LogP contribution in [0.15, 0.2) is 23.2 Å². The van der Waals surface area contributed by atoms with Crippen LogP contribution in [0.3, 0.4) is 0 Å². The monoisotopic (exact) mass is 606 g/mol. The van der Waals surface area contributed by atoms with Gasteiger partial charge in [-0.15, -0.1) is 23.1 Å². The first-order valence-corrected chi connectivity index (χ1v) is 15.1. The summed E-state index contributed by atoms with van der Waals surface area (Å²) in [5, 5.41) is 14.4. The summed E-state index contributed by atoms with van der Waals surface area (Å²) < 4.78 is 11.9. The summed E-state index contributed by atoms with van der Waals surface area (Å²) >= 11 is 3.47. The van der Waals surface area contributed by atoms with Crippen LogP contribution in [-0.2, 0) is 43.2 Å². The molecular formula is C25H26N4O8S3. The number of aromatic nitrogens is 1. The van der Waals surface area contributed by atoms with Crippen molar-refractivity contribution in [3.05, 3.63) is 49.1 Å². The molecule has 2 amide bonds. The highest BCUT2D eigenvalue weighted by Crippen LogP contribution is 2.38. The molecule has 15 heteroatoms. The number of thioether (sulfide) groups is 1. The van der Waals surface area contributed by atoms with E-state index in [1.165, 1.54) is 41.2 Å². The van der Waals surface area contributed by atoms with E-state index in [2.05, 4.69) is 10.3 Å². The molecule has 0 radical (unpaired) electrons. The minimum Gasteiger partial charge on any atom is -0.468 e. The normalized spacial score (nSPS) is 13.1. The molecule has 0 spiro atoms. The number of aryl methyl sites for hydroxylation is 1. The Morgan fingerprint density at radius 2 is 1.95 bits per heavy atom. The number of ether oxygens (including phenoxy) is 2. The zero-order valence-electron chi connectivity index (χ0n) is 21.7. The number of esters is 2. The molecule has 2 heterocycles. The van der Waals surface area contributed by atoms with Crippen molar-refractivity contribution in [3.63, 3.8) is 0 Å². The van der Waals surface area contributed by atoms with Crippen LogP contribution in [0.25, 0.3) is 10.2 Å². The Labute approximate surface area is 240 Å². The van der Waals surface area contributed by atoms with Crippen molar-refractivity contribution < 1.29 is 33.6 Å². The second-order valence-electron chi connectivity index (χ2n) is 8.64. The van der Waals surface area contributed by atoms with Gasteiger partial charge in [0, 0.05) is 17.0 Å². The van der Waals surface area contributed by atoms with Gasteiger partial charge in [-0.25, -0.2) is 4.79 Å². The number of hydrogen-bond donors (Lipinski definition) is 1. The predicted molar refractivity (Wildman–Crippen MR) is 152 cm³/mol. The number of thiophene rings is 1. The highest BCUT2D eigenvalue weighted by molar-refractivity contribution is 8.00. The smallest absolute Gasteiger partial charge is 0.341 e. The van der Waals surface area contributed by atoms with E-state index in [0.29, 0.717) is 20.8 Å². The topological polar surface area (TPSA) is 159 Å². The third-order valence-electron chi connectivity index (χ3n) is 5.97. The van der Waals surface area contributed by atoms with Crippen LogP contribution >= 0.6 is 34.4 Å². The molecule has 0 fully saturated rings. The molecule has 1 aliphatic carbocycles. The van der Waals surface area contributed by atoms with Crippen molar-refractivity contribution >= 4 is 79.1 Å². The zero-order chi connectivity index (χ0) is 28.8. The molecule has 0 saturated carbocycles. The number of methoxy groups -OCH3 is 1. The Kier molecular flexibility index (Phi) is 9.71. The zero-order valence-corrected chi connectivity index (χ0v) is 24.2. The summed E-state index contributed by atoms with van der Waals surface area (Å²) in [6.45, 7) is 1.73. The van der Waals surface area contributed by atoms with Gasteiger partial charge in [0.1, 0.15) is 11.5 Å². The molecule has 0 unspecified atom stereocenters. The fourth-order valence-electron chi connectivity index (χ4n) is 4.21. The van der Waals surface area contributed by atoms with Gasteiger partial charge < -0.3 is 19.4 Å². The minimum absolute atomic E-state index is 0.0487. The van der Waals surface area contributed by atoms with Gasteiger partial charge in [0.25, 0.3) is 11.6 Å². The molecule has 1 N–H and O–H groups in total. The molecule has 0 bridgehead atoms. The molecule has 12 nitrogen and oxygen atoms in total. The van der Waals surface area contributed by atoms with E-state index < -0.39 is 22.8 Å². The fourth-order valence-corrected chi connectivity index (χ4v) is 7.19. The Morgan fingerprint density at radius 1 is 1.18 bits per heavy atom. The van der Waals surface area contributed by atoms with Gasteiger partial charge in [-0.1, -0.05) is 11.3 Å². The van der Waals surface area contributed by atoms with E-state index in [1.54, 1.807) is 6.92 Å². The molecule has 0 aliphatic heterocycles. The van der Waals surface area contributed by atoms with Crippen molar-refractivity contribution in [2.75, 3.05) is 30.5 Å². The van der Waals surface area contributed by atoms with Gasteiger partial charge in [0.2, 0.25) is 5.91 Å². The van der Waals surface area contributed by atoms with Gasteiger partial charge in [0.05, 0.1) is 45.9 Å². The van der Waals surface area contributed by atoms with Crippen molar-refractivity contribution in [2.45, 2.75) is 39.2 Å². The van der Waals surface area contributed by atoms with Crippen molar-refractivity contribution in [3.8, 4) is 0 Å². The summed E-state index contributed by atoms with van der Waals surface area (Å²) in [4.78, 5) is 65.9. The van der Waals surface area contributed by atoms with E-state index in [1.807, 2.05) is 0 Å². The number of rotatable bonds is 10. The molecule has 0 atom stereocenters. The maximum Gasteiger partial charge on any atom is 0.341 e. The number of carbonyl (C=O) groups is 4. The van der Waals surface area contributed by atoms with Crippen LogP contribution in [0.1, 0.15) is 40.6 Å². The molecule has 212 valence electrons. The number of anilines is 1. The fraction of sp³-hybridized carbons (Fsp3) is 0.400. The number of benzene rings is 1. The second-order valence-corrected chi connectivity index (χ2v) is 11.7. The average molecular weight is 607 g/mol. The molecule has 4 rings (SSSR count). The Bertz CT molecular complexity index is 1560. The number of amides is 2. The lowest BCUT2D eigenvalue weighted by atomic mass is 9.95. The molecule has 1 aromatic carbocycles. The number of nitro groups is 1. The standard InChI is InChI=1S/C25H26N4O8S3/c1-3-37-24(33)22-15-6-4-5-7-17(15)39-23(22)26-19(30)12-38-13-20(31)27-25-28(11-21(32)36-2)16-9-8-14(29(34)35)10-18(16)40-25/h8-10H,3-7,11-13H2,1-2H3,(H,26,30). The number of thiazole rings is 1. The molecular weight excluding hydrogens is 580 g/mol. The summed E-state index contributed by atoms with van der Waals surface area (Å²) in [5.41, 5.74) is 1.73. The summed E-state index contributed by atoms with van der Waals surface area (Å²) in [5.74, 6) is -2.10. The first-order chi connectivity index (χ1) is 19.2. The molecule has 2 aromatic heterocycles. The lowest BCUT2D eigenvalue weighted by Gasteiger charge is -2.12. The Morgan fingerprint density at radius 3 is 2.67 bits per heavy atom. The first kappa shape index (κ1) is 29.4. The number of hydrogen-bond acceptors (Lipinski definition) is 11. The Hall–Kier alpha value is -3.56. The number of nitrogens with zero attached hydrogens (tertiary/aromatic N) is 3. The van der Waals surface area contributed by atoms with Gasteiger partial charge >= 0.3 is 11.9 Å². The first-order valence-electron chi connectivity index (χ1n) is 12.3. The number of nitrogens with one attached hydrogen (secondary N) is 1.